The number of thiazole rings is 1. The second kappa shape index (κ2) is 7.84. The maximum Gasteiger partial charge on any atom is 0.317 e. The van der Waals surface area contributed by atoms with E-state index in [0.29, 0.717) is 19.6 Å². The lowest BCUT2D eigenvalue weighted by Gasteiger charge is -2.17. The standard InChI is InChI=1S/C13H22N4O2S/c1-9(2)12(18)14-5-6-15-13(19)17(4)7-11-8-20-10(3)16-11/h8-9H,5-7H2,1-4H3,(H,14,18)(H,15,19). The Balaban J connectivity index is 2.23. The van der Waals surface area contributed by atoms with E-state index in [1.807, 2.05) is 26.2 Å². The summed E-state index contributed by atoms with van der Waals surface area (Å²) in [6.07, 6.45) is 0. The molecule has 0 unspecified atom stereocenters. The average molecular weight is 298 g/mol. The number of hydrogen-bond donors (Lipinski definition) is 2. The van der Waals surface area contributed by atoms with Gasteiger partial charge in [-0.25, -0.2) is 9.78 Å². The molecular weight excluding hydrogens is 276 g/mol. The van der Waals surface area contributed by atoms with Gasteiger partial charge in [0.05, 0.1) is 17.2 Å². The van der Waals surface area contributed by atoms with Gasteiger partial charge < -0.3 is 15.5 Å². The molecule has 20 heavy (non-hydrogen) atoms. The quantitative estimate of drug-likeness (QED) is 0.779. The molecule has 112 valence electrons. The second-order valence-electron chi connectivity index (χ2n) is 4.89. The van der Waals surface area contributed by atoms with Gasteiger partial charge in [-0.1, -0.05) is 13.8 Å². The fourth-order valence-electron chi connectivity index (χ4n) is 1.49. The Morgan fingerprint density at radius 3 is 2.55 bits per heavy atom. The van der Waals surface area contributed by atoms with E-state index in [-0.39, 0.29) is 17.9 Å². The van der Waals surface area contributed by atoms with E-state index in [9.17, 15) is 9.59 Å². The zero-order valence-corrected chi connectivity index (χ0v) is 13.2. The average Bonchev–Trinajstić information content (AvgIpc) is 2.79. The lowest BCUT2D eigenvalue weighted by Crippen LogP contribution is -2.41. The fraction of sp³-hybridized carbons (Fsp3) is 0.615. The van der Waals surface area contributed by atoms with E-state index in [1.54, 1.807) is 23.3 Å². The molecule has 1 aromatic heterocycles. The zero-order chi connectivity index (χ0) is 15.1. The van der Waals surface area contributed by atoms with Crippen molar-refractivity contribution >= 4 is 23.3 Å². The molecule has 1 aromatic rings. The molecule has 0 radical (unpaired) electrons. The molecule has 0 spiro atoms. The number of hydrogen-bond acceptors (Lipinski definition) is 4. The van der Waals surface area contributed by atoms with Crippen molar-refractivity contribution in [2.24, 2.45) is 5.92 Å². The molecule has 0 saturated carbocycles. The van der Waals surface area contributed by atoms with Crippen LogP contribution in [-0.4, -0.2) is 42.0 Å². The molecule has 7 heteroatoms. The molecule has 0 aliphatic carbocycles. The number of urea groups is 1. The zero-order valence-electron chi connectivity index (χ0n) is 12.4. The summed E-state index contributed by atoms with van der Waals surface area (Å²) >= 11 is 1.57. The van der Waals surface area contributed by atoms with Crippen LogP contribution in [0.5, 0.6) is 0 Å². The molecule has 0 aromatic carbocycles. The van der Waals surface area contributed by atoms with Crippen LogP contribution in [0.3, 0.4) is 0 Å². The molecule has 1 heterocycles. The van der Waals surface area contributed by atoms with Crippen molar-refractivity contribution < 1.29 is 9.59 Å². The highest BCUT2D eigenvalue weighted by Crippen LogP contribution is 2.09. The van der Waals surface area contributed by atoms with Gasteiger partial charge in [0, 0.05) is 31.4 Å². The minimum atomic E-state index is -0.172. The van der Waals surface area contributed by atoms with E-state index >= 15 is 0 Å². The summed E-state index contributed by atoms with van der Waals surface area (Å²) in [5, 5.41) is 8.44. The number of nitrogens with zero attached hydrogens (tertiary/aromatic N) is 2. The molecule has 6 nitrogen and oxygen atoms in total. The molecular formula is C13H22N4O2S. The highest BCUT2D eigenvalue weighted by Gasteiger charge is 2.10. The lowest BCUT2D eigenvalue weighted by atomic mass is 10.2. The first-order valence-corrected chi connectivity index (χ1v) is 7.45. The molecule has 0 aliphatic rings. The first-order valence-electron chi connectivity index (χ1n) is 6.58. The summed E-state index contributed by atoms with van der Waals surface area (Å²) in [5.74, 6) is -0.0492. The minimum Gasteiger partial charge on any atom is -0.354 e. The van der Waals surface area contributed by atoms with Gasteiger partial charge in [-0.2, -0.15) is 0 Å². The molecule has 2 N–H and O–H groups in total. The van der Waals surface area contributed by atoms with Crippen molar-refractivity contribution in [2.45, 2.75) is 27.3 Å². The van der Waals surface area contributed by atoms with Gasteiger partial charge in [0.1, 0.15) is 0 Å². The van der Waals surface area contributed by atoms with Crippen LogP contribution in [0.2, 0.25) is 0 Å². The first kappa shape index (κ1) is 16.4. The summed E-state index contributed by atoms with van der Waals surface area (Å²) in [6, 6.07) is -0.172. The van der Waals surface area contributed by atoms with Crippen LogP contribution in [0.4, 0.5) is 4.79 Å². The van der Waals surface area contributed by atoms with E-state index in [4.69, 9.17) is 0 Å². The lowest BCUT2D eigenvalue weighted by molar-refractivity contribution is -0.123. The minimum absolute atomic E-state index is 0.00875. The number of amides is 3. The third-order valence-corrected chi connectivity index (χ3v) is 3.46. The van der Waals surface area contributed by atoms with Crippen molar-refractivity contribution in [3.05, 3.63) is 16.1 Å². The fourth-order valence-corrected chi connectivity index (χ4v) is 2.09. The van der Waals surface area contributed by atoms with Crippen LogP contribution in [0.25, 0.3) is 0 Å². The van der Waals surface area contributed by atoms with Gasteiger partial charge in [0.15, 0.2) is 0 Å². The SMILES string of the molecule is Cc1nc(CN(C)C(=O)NCCNC(=O)C(C)C)cs1. The molecule has 0 aliphatic heterocycles. The van der Waals surface area contributed by atoms with Crippen LogP contribution >= 0.6 is 11.3 Å². The van der Waals surface area contributed by atoms with Crippen molar-refractivity contribution in [3.63, 3.8) is 0 Å². The molecule has 0 saturated heterocycles. The van der Waals surface area contributed by atoms with Crippen molar-refractivity contribution in [3.8, 4) is 0 Å². The monoisotopic (exact) mass is 298 g/mol. The maximum absolute atomic E-state index is 11.8. The molecule has 3 amide bonds. The van der Waals surface area contributed by atoms with Gasteiger partial charge in [-0.15, -0.1) is 11.3 Å². The maximum atomic E-state index is 11.8. The van der Waals surface area contributed by atoms with Crippen molar-refractivity contribution in [1.29, 1.82) is 0 Å². The van der Waals surface area contributed by atoms with Crippen molar-refractivity contribution in [2.75, 3.05) is 20.1 Å². The van der Waals surface area contributed by atoms with Gasteiger partial charge in [0.25, 0.3) is 0 Å². The summed E-state index contributed by atoms with van der Waals surface area (Å²) in [7, 11) is 1.72. The van der Waals surface area contributed by atoms with Gasteiger partial charge in [0.2, 0.25) is 5.91 Å². The number of rotatable bonds is 6. The third-order valence-electron chi connectivity index (χ3n) is 2.64. The van der Waals surface area contributed by atoms with Crippen LogP contribution < -0.4 is 10.6 Å². The van der Waals surface area contributed by atoms with Gasteiger partial charge in [-0.05, 0) is 6.92 Å². The predicted octanol–water partition coefficient (Wildman–Crippen LogP) is 1.37. The summed E-state index contributed by atoms with van der Waals surface area (Å²) in [6.45, 7) is 6.93. The molecule has 0 atom stereocenters. The second-order valence-corrected chi connectivity index (χ2v) is 5.95. The number of carbonyl (C=O) groups excluding carboxylic acids is 2. The molecule has 0 bridgehead atoms. The van der Waals surface area contributed by atoms with Crippen LogP contribution in [0.1, 0.15) is 24.5 Å². The smallest absolute Gasteiger partial charge is 0.317 e. The van der Waals surface area contributed by atoms with Crippen LogP contribution in [0.15, 0.2) is 5.38 Å². The number of aromatic nitrogens is 1. The van der Waals surface area contributed by atoms with E-state index in [2.05, 4.69) is 15.6 Å². The van der Waals surface area contributed by atoms with E-state index in [1.165, 1.54) is 0 Å². The van der Waals surface area contributed by atoms with Gasteiger partial charge >= 0.3 is 6.03 Å². The summed E-state index contributed by atoms with van der Waals surface area (Å²) in [4.78, 5) is 29.0. The third kappa shape index (κ3) is 5.56. The highest BCUT2D eigenvalue weighted by atomic mass is 32.1. The topological polar surface area (TPSA) is 74.3 Å². The number of aryl methyl sites for hydroxylation is 1. The summed E-state index contributed by atoms with van der Waals surface area (Å²) in [5.41, 5.74) is 0.887. The van der Waals surface area contributed by atoms with E-state index in [0.717, 1.165) is 10.7 Å². The number of carbonyl (C=O) groups is 2. The van der Waals surface area contributed by atoms with Crippen molar-refractivity contribution in [1.82, 2.24) is 20.5 Å². The number of nitrogens with one attached hydrogen (secondary N) is 2. The Labute approximate surface area is 123 Å². The Hall–Kier alpha value is -1.63. The van der Waals surface area contributed by atoms with Gasteiger partial charge in [-0.3, -0.25) is 4.79 Å². The Kier molecular flexibility index (Phi) is 6.44. The summed E-state index contributed by atoms with van der Waals surface area (Å²) < 4.78 is 0. The molecule has 0 fully saturated rings. The van der Waals surface area contributed by atoms with E-state index < -0.39 is 0 Å². The van der Waals surface area contributed by atoms with Crippen LogP contribution in [0, 0.1) is 12.8 Å². The largest absolute Gasteiger partial charge is 0.354 e. The highest BCUT2D eigenvalue weighted by molar-refractivity contribution is 7.09. The Morgan fingerprint density at radius 1 is 1.35 bits per heavy atom. The Bertz CT molecular complexity index is 459. The predicted molar refractivity (Wildman–Crippen MR) is 79.6 cm³/mol. The van der Waals surface area contributed by atoms with Crippen LogP contribution in [-0.2, 0) is 11.3 Å². The normalized spacial score (nSPS) is 10.4. The Morgan fingerprint density at radius 2 is 2.00 bits per heavy atom. The first-order chi connectivity index (χ1) is 9.40. The molecule has 1 rings (SSSR count).